The molecule has 8 heteroatoms. The highest BCUT2D eigenvalue weighted by atomic mass is 16.2. The number of aryl methyl sites for hydroxylation is 1. The van der Waals surface area contributed by atoms with Crippen LogP contribution in [0.4, 0.5) is 5.69 Å². The second-order valence-electron chi connectivity index (χ2n) is 8.23. The van der Waals surface area contributed by atoms with E-state index < -0.39 is 0 Å². The topological polar surface area (TPSA) is 85.1 Å². The van der Waals surface area contributed by atoms with Crippen LogP contribution in [0.3, 0.4) is 0 Å². The monoisotopic (exact) mass is 408 g/mol. The molecule has 1 amide bonds. The van der Waals surface area contributed by atoms with Crippen molar-refractivity contribution >= 4 is 22.6 Å². The zero-order valence-electron chi connectivity index (χ0n) is 17.7. The maximum atomic E-state index is 12.5. The molecule has 0 radical (unpaired) electrons. The van der Waals surface area contributed by atoms with Crippen LogP contribution in [-0.2, 0) is 18.4 Å². The Morgan fingerprint density at radius 2 is 1.93 bits per heavy atom. The standard InChI is InChI=1S/C22H28N6O2/c1-15-8-10-27(11-9-15)18-6-4-17(5-7-18)16(2)25-20(29)13-28-14-23-21-19(22(28)30)12-24-26(21)3/h4-7,12,14-16H,8-11,13H2,1-3H3,(H,25,29). The minimum atomic E-state index is -0.267. The highest BCUT2D eigenvalue weighted by Crippen LogP contribution is 2.24. The van der Waals surface area contributed by atoms with Crippen molar-refractivity contribution in [2.24, 2.45) is 13.0 Å². The minimum Gasteiger partial charge on any atom is -0.372 e. The lowest BCUT2D eigenvalue weighted by atomic mass is 9.98. The van der Waals surface area contributed by atoms with Crippen LogP contribution in [0.1, 0.15) is 38.3 Å². The van der Waals surface area contributed by atoms with Crippen molar-refractivity contribution in [1.29, 1.82) is 0 Å². The SMILES string of the molecule is CC1CCN(c2ccc(C(C)NC(=O)Cn3cnc4c(cnn4C)c3=O)cc2)CC1. The minimum absolute atomic E-state index is 0.0783. The van der Waals surface area contributed by atoms with Gasteiger partial charge in [0, 0.05) is 25.8 Å². The average Bonchev–Trinajstić information content (AvgIpc) is 3.12. The van der Waals surface area contributed by atoms with E-state index in [1.807, 2.05) is 6.92 Å². The van der Waals surface area contributed by atoms with Crippen molar-refractivity contribution in [2.75, 3.05) is 18.0 Å². The van der Waals surface area contributed by atoms with Crippen LogP contribution < -0.4 is 15.8 Å². The molecule has 0 saturated carbocycles. The first-order valence-corrected chi connectivity index (χ1v) is 10.4. The van der Waals surface area contributed by atoms with E-state index in [4.69, 9.17) is 0 Å². The molecule has 1 aliphatic heterocycles. The van der Waals surface area contributed by atoms with E-state index in [1.54, 1.807) is 7.05 Å². The van der Waals surface area contributed by atoms with Crippen molar-refractivity contribution in [3.63, 3.8) is 0 Å². The molecule has 0 aliphatic carbocycles. The average molecular weight is 409 g/mol. The van der Waals surface area contributed by atoms with Crippen molar-refractivity contribution in [2.45, 2.75) is 39.3 Å². The van der Waals surface area contributed by atoms with Gasteiger partial charge in [-0.1, -0.05) is 19.1 Å². The number of carbonyl (C=O) groups is 1. The Hall–Kier alpha value is -3.16. The van der Waals surface area contributed by atoms with Crippen molar-refractivity contribution in [3.05, 3.63) is 52.7 Å². The van der Waals surface area contributed by atoms with E-state index in [9.17, 15) is 9.59 Å². The molecular weight excluding hydrogens is 380 g/mol. The van der Waals surface area contributed by atoms with Crippen LogP contribution in [0.15, 0.2) is 41.6 Å². The van der Waals surface area contributed by atoms with Crippen LogP contribution in [0, 0.1) is 5.92 Å². The fourth-order valence-electron chi connectivity index (χ4n) is 3.94. The first-order chi connectivity index (χ1) is 14.4. The summed E-state index contributed by atoms with van der Waals surface area (Å²) in [6.07, 6.45) is 5.33. The van der Waals surface area contributed by atoms with E-state index in [1.165, 1.54) is 40.3 Å². The Morgan fingerprint density at radius 1 is 1.23 bits per heavy atom. The molecular formula is C22H28N6O2. The van der Waals surface area contributed by atoms with E-state index in [0.29, 0.717) is 11.0 Å². The Bertz CT molecular complexity index is 1090. The van der Waals surface area contributed by atoms with Gasteiger partial charge in [0.05, 0.1) is 12.2 Å². The molecule has 158 valence electrons. The van der Waals surface area contributed by atoms with Crippen LogP contribution in [0.25, 0.3) is 11.0 Å². The van der Waals surface area contributed by atoms with Crippen LogP contribution in [-0.4, -0.2) is 38.3 Å². The van der Waals surface area contributed by atoms with Gasteiger partial charge in [0.1, 0.15) is 18.3 Å². The highest BCUT2D eigenvalue weighted by molar-refractivity contribution is 5.77. The molecule has 30 heavy (non-hydrogen) atoms. The van der Waals surface area contributed by atoms with Crippen molar-refractivity contribution < 1.29 is 4.79 Å². The molecule has 1 atom stereocenters. The molecule has 2 aromatic heterocycles. The van der Waals surface area contributed by atoms with Gasteiger partial charge in [-0.2, -0.15) is 5.10 Å². The quantitative estimate of drug-likeness (QED) is 0.700. The summed E-state index contributed by atoms with van der Waals surface area (Å²) < 4.78 is 2.85. The first kappa shape index (κ1) is 20.1. The Kier molecular flexibility index (Phi) is 5.57. The highest BCUT2D eigenvalue weighted by Gasteiger charge is 2.17. The smallest absolute Gasteiger partial charge is 0.264 e. The number of rotatable bonds is 5. The van der Waals surface area contributed by atoms with Gasteiger partial charge in [0.15, 0.2) is 5.65 Å². The summed E-state index contributed by atoms with van der Waals surface area (Å²) in [7, 11) is 1.73. The molecule has 1 aromatic carbocycles. The van der Waals surface area contributed by atoms with Crippen LogP contribution >= 0.6 is 0 Å². The van der Waals surface area contributed by atoms with Gasteiger partial charge >= 0.3 is 0 Å². The van der Waals surface area contributed by atoms with Crippen molar-refractivity contribution in [1.82, 2.24) is 24.6 Å². The lowest BCUT2D eigenvalue weighted by Gasteiger charge is -2.32. The predicted octanol–water partition coefficient (Wildman–Crippen LogP) is 2.24. The number of anilines is 1. The van der Waals surface area contributed by atoms with E-state index in [2.05, 4.69) is 51.5 Å². The Labute approximate surface area is 175 Å². The summed E-state index contributed by atoms with van der Waals surface area (Å²) in [5, 5.41) is 7.42. The molecule has 8 nitrogen and oxygen atoms in total. The maximum absolute atomic E-state index is 12.5. The molecule has 1 saturated heterocycles. The zero-order valence-corrected chi connectivity index (χ0v) is 17.7. The van der Waals surface area contributed by atoms with Gasteiger partial charge in [-0.05, 0) is 43.4 Å². The number of amides is 1. The summed E-state index contributed by atoms with van der Waals surface area (Å²) in [4.78, 5) is 31.7. The third-order valence-corrected chi connectivity index (χ3v) is 5.95. The first-order valence-electron chi connectivity index (χ1n) is 10.4. The second kappa shape index (κ2) is 8.30. The molecule has 4 rings (SSSR count). The fourth-order valence-corrected chi connectivity index (χ4v) is 3.94. The van der Waals surface area contributed by atoms with Crippen LogP contribution in [0.5, 0.6) is 0 Å². The fraction of sp³-hybridized carbons (Fsp3) is 0.455. The maximum Gasteiger partial charge on any atom is 0.264 e. The summed E-state index contributed by atoms with van der Waals surface area (Å²) in [6, 6.07) is 8.22. The number of benzene rings is 1. The molecule has 1 unspecified atom stereocenters. The molecule has 3 heterocycles. The lowest BCUT2D eigenvalue weighted by molar-refractivity contribution is -0.122. The largest absolute Gasteiger partial charge is 0.372 e. The summed E-state index contributed by atoms with van der Waals surface area (Å²) in [5.41, 5.74) is 2.50. The molecule has 1 N–H and O–H groups in total. The summed E-state index contributed by atoms with van der Waals surface area (Å²) >= 11 is 0. The van der Waals surface area contributed by atoms with Gasteiger partial charge in [-0.3, -0.25) is 18.8 Å². The second-order valence-corrected chi connectivity index (χ2v) is 8.23. The molecule has 1 fully saturated rings. The molecule has 1 aliphatic rings. The van der Waals surface area contributed by atoms with Gasteiger partial charge < -0.3 is 10.2 Å². The zero-order chi connectivity index (χ0) is 21.3. The van der Waals surface area contributed by atoms with E-state index >= 15 is 0 Å². The summed E-state index contributed by atoms with van der Waals surface area (Å²) in [6.45, 7) is 6.36. The third-order valence-electron chi connectivity index (χ3n) is 5.95. The van der Waals surface area contributed by atoms with E-state index in [0.717, 1.165) is 24.6 Å². The molecule has 0 spiro atoms. The number of fused-ring (bicyclic) bond motifs is 1. The molecule has 3 aromatic rings. The number of hydrogen-bond donors (Lipinski definition) is 1. The number of piperidine rings is 1. The number of aromatic nitrogens is 4. The third kappa shape index (κ3) is 4.08. The van der Waals surface area contributed by atoms with Gasteiger partial charge in [0.2, 0.25) is 5.91 Å². The number of hydrogen-bond acceptors (Lipinski definition) is 5. The Morgan fingerprint density at radius 3 is 2.63 bits per heavy atom. The number of nitrogens with one attached hydrogen (secondary N) is 1. The normalized spacial score (nSPS) is 16.0. The Balaban J connectivity index is 1.39. The van der Waals surface area contributed by atoms with Gasteiger partial charge in [-0.15, -0.1) is 0 Å². The summed E-state index contributed by atoms with van der Waals surface area (Å²) in [5.74, 6) is 0.570. The van der Waals surface area contributed by atoms with Crippen LogP contribution in [0.2, 0.25) is 0 Å². The lowest BCUT2D eigenvalue weighted by Crippen LogP contribution is -2.34. The number of nitrogens with zero attached hydrogens (tertiary/aromatic N) is 5. The van der Waals surface area contributed by atoms with E-state index in [-0.39, 0.29) is 24.1 Å². The van der Waals surface area contributed by atoms with Gasteiger partial charge in [-0.25, -0.2) is 4.98 Å². The molecule has 0 bridgehead atoms. The van der Waals surface area contributed by atoms with Gasteiger partial charge in [0.25, 0.3) is 5.56 Å². The van der Waals surface area contributed by atoms with Crippen molar-refractivity contribution in [3.8, 4) is 0 Å². The number of carbonyl (C=O) groups excluding carboxylic acids is 1. The predicted molar refractivity (Wildman–Crippen MR) is 116 cm³/mol.